The molecule has 0 fully saturated rings. The van der Waals surface area contributed by atoms with E-state index in [1.54, 1.807) is 0 Å². The molecule has 0 N–H and O–H groups in total. The van der Waals surface area contributed by atoms with Gasteiger partial charge >= 0.3 is 0 Å². The second-order valence-electron chi connectivity index (χ2n) is 3.61. The normalized spacial score (nSPS) is 13.8. The molecule has 0 aliphatic heterocycles. The van der Waals surface area contributed by atoms with Crippen molar-refractivity contribution < 1.29 is 0 Å². The van der Waals surface area contributed by atoms with E-state index in [0.29, 0.717) is 6.04 Å². The van der Waals surface area contributed by atoms with Crippen LogP contribution in [0.3, 0.4) is 0 Å². The molecular formula is C10H17N. The molecule has 62 valence electrons. The first kappa shape index (κ1) is 8.38. The fraction of sp³-hybridized carbons (Fsp3) is 0.600. The van der Waals surface area contributed by atoms with Gasteiger partial charge in [0.1, 0.15) is 0 Å². The van der Waals surface area contributed by atoms with Gasteiger partial charge in [-0.1, -0.05) is 13.8 Å². The number of aromatic nitrogens is 1. The molecule has 0 aliphatic rings. The minimum atomic E-state index is 0.644. The van der Waals surface area contributed by atoms with Crippen molar-refractivity contribution in [1.82, 2.24) is 4.57 Å². The number of nitrogens with zero attached hydrogens (tertiary/aromatic N) is 1. The Kier molecular flexibility index (Phi) is 2.75. The number of hydrogen-bond acceptors (Lipinski definition) is 0. The minimum Gasteiger partial charge on any atom is -0.352 e. The first-order valence-corrected chi connectivity index (χ1v) is 4.32. The molecule has 1 atom stereocenters. The Morgan fingerprint density at radius 3 is 2.09 bits per heavy atom. The quantitative estimate of drug-likeness (QED) is 0.625. The van der Waals surface area contributed by atoms with Crippen LogP contribution in [0.4, 0.5) is 0 Å². The Labute approximate surface area is 69.0 Å². The van der Waals surface area contributed by atoms with Crippen LogP contribution in [-0.4, -0.2) is 4.57 Å². The van der Waals surface area contributed by atoms with Crippen molar-refractivity contribution in [1.29, 1.82) is 0 Å². The van der Waals surface area contributed by atoms with Gasteiger partial charge in [-0.3, -0.25) is 0 Å². The molecule has 0 spiro atoms. The summed E-state index contributed by atoms with van der Waals surface area (Å²) in [4.78, 5) is 0. The van der Waals surface area contributed by atoms with Crippen molar-refractivity contribution in [2.24, 2.45) is 5.92 Å². The predicted octanol–water partition coefficient (Wildman–Crippen LogP) is 3.10. The van der Waals surface area contributed by atoms with Crippen molar-refractivity contribution in [2.45, 2.75) is 33.2 Å². The van der Waals surface area contributed by atoms with Crippen LogP contribution >= 0.6 is 0 Å². The highest BCUT2D eigenvalue weighted by molar-refractivity contribution is 4.92. The zero-order valence-corrected chi connectivity index (χ0v) is 7.62. The molecule has 0 saturated carbocycles. The van der Waals surface area contributed by atoms with Crippen molar-refractivity contribution in [3.05, 3.63) is 24.5 Å². The van der Waals surface area contributed by atoms with Crippen LogP contribution in [0.15, 0.2) is 24.5 Å². The van der Waals surface area contributed by atoms with Crippen molar-refractivity contribution >= 4 is 0 Å². The minimum absolute atomic E-state index is 0.644. The van der Waals surface area contributed by atoms with E-state index in [-0.39, 0.29) is 0 Å². The van der Waals surface area contributed by atoms with E-state index in [4.69, 9.17) is 0 Å². The maximum Gasteiger partial charge on any atom is 0.0304 e. The summed E-state index contributed by atoms with van der Waals surface area (Å²) in [6.45, 7) is 6.79. The third-order valence-electron chi connectivity index (χ3n) is 1.95. The lowest BCUT2D eigenvalue weighted by atomic mass is 10.1. The van der Waals surface area contributed by atoms with Gasteiger partial charge in [0.25, 0.3) is 0 Å². The van der Waals surface area contributed by atoms with Gasteiger partial charge in [-0.15, -0.1) is 0 Å². The molecule has 11 heavy (non-hydrogen) atoms. The van der Waals surface area contributed by atoms with E-state index in [0.717, 1.165) is 5.92 Å². The molecule has 1 nitrogen and oxygen atoms in total. The lowest BCUT2D eigenvalue weighted by Gasteiger charge is -2.15. The van der Waals surface area contributed by atoms with Crippen LogP contribution in [-0.2, 0) is 0 Å². The fourth-order valence-electron chi connectivity index (χ4n) is 1.45. The molecule has 0 aromatic carbocycles. The van der Waals surface area contributed by atoms with Crippen molar-refractivity contribution in [2.75, 3.05) is 0 Å². The number of hydrogen-bond donors (Lipinski definition) is 0. The topological polar surface area (TPSA) is 4.93 Å². The van der Waals surface area contributed by atoms with E-state index in [1.807, 2.05) is 0 Å². The monoisotopic (exact) mass is 151 g/mol. The maximum atomic E-state index is 2.26. The lowest BCUT2D eigenvalue weighted by Crippen LogP contribution is -2.05. The standard InChI is InChI=1S/C10H17N/c1-9(2)8-10(3)11-6-4-5-7-11/h4-7,9-10H,8H2,1-3H3. The SMILES string of the molecule is CC(C)CC(C)n1cccc1. The first-order valence-electron chi connectivity index (χ1n) is 4.32. The summed E-state index contributed by atoms with van der Waals surface area (Å²) in [6.07, 6.45) is 5.52. The second kappa shape index (κ2) is 3.61. The van der Waals surface area contributed by atoms with Gasteiger partial charge in [0.2, 0.25) is 0 Å². The summed E-state index contributed by atoms with van der Waals surface area (Å²) < 4.78 is 2.26. The van der Waals surface area contributed by atoms with E-state index < -0.39 is 0 Å². The molecule has 0 radical (unpaired) electrons. The van der Waals surface area contributed by atoms with Crippen molar-refractivity contribution in [3.63, 3.8) is 0 Å². The molecule has 0 amide bonds. The van der Waals surface area contributed by atoms with Crippen molar-refractivity contribution in [3.8, 4) is 0 Å². The summed E-state index contributed by atoms with van der Waals surface area (Å²) in [6, 6.07) is 4.80. The van der Waals surface area contributed by atoms with Gasteiger partial charge in [0, 0.05) is 18.4 Å². The molecule has 1 aromatic heterocycles. The van der Waals surface area contributed by atoms with Gasteiger partial charge in [0.05, 0.1) is 0 Å². The third-order valence-corrected chi connectivity index (χ3v) is 1.95. The highest BCUT2D eigenvalue weighted by Crippen LogP contribution is 2.15. The molecule has 0 saturated heterocycles. The van der Waals surface area contributed by atoms with Crippen LogP contribution in [0.5, 0.6) is 0 Å². The maximum absolute atomic E-state index is 2.26. The molecule has 0 aliphatic carbocycles. The second-order valence-corrected chi connectivity index (χ2v) is 3.61. The third kappa shape index (κ3) is 2.41. The van der Waals surface area contributed by atoms with Crippen LogP contribution in [0.25, 0.3) is 0 Å². The smallest absolute Gasteiger partial charge is 0.0304 e. The van der Waals surface area contributed by atoms with Crippen LogP contribution in [0.2, 0.25) is 0 Å². The Bertz CT molecular complexity index is 187. The van der Waals surface area contributed by atoms with Gasteiger partial charge in [-0.25, -0.2) is 0 Å². The highest BCUT2D eigenvalue weighted by Gasteiger charge is 2.04. The van der Waals surface area contributed by atoms with Gasteiger partial charge in [0.15, 0.2) is 0 Å². The zero-order chi connectivity index (χ0) is 8.27. The van der Waals surface area contributed by atoms with E-state index in [1.165, 1.54) is 6.42 Å². The molecule has 1 unspecified atom stereocenters. The summed E-state index contributed by atoms with van der Waals surface area (Å²) >= 11 is 0. The zero-order valence-electron chi connectivity index (χ0n) is 7.62. The average Bonchev–Trinajstić information content (AvgIpc) is 2.35. The Morgan fingerprint density at radius 1 is 1.09 bits per heavy atom. The molecule has 1 aromatic rings. The summed E-state index contributed by atoms with van der Waals surface area (Å²) in [5, 5.41) is 0. The molecule has 1 rings (SSSR count). The molecule has 1 heteroatoms. The average molecular weight is 151 g/mol. The van der Waals surface area contributed by atoms with Gasteiger partial charge in [-0.05, 0) is 31.4 Å². The Balaban J connectivity index is 2.49. The summed E-state index contributed by atoms with van der Waals surface area (Å²) in [7, 11) is 0. The molecular weight excluding hydrogens is 134 g/mol. The Hall–Kier alpha value is -0.720. The van der Waals surface area contributed by atoms with Gasteiger partial charge < -0.3 is 4.57 Å². The van der Waals surface area contributed by atoms with E-state index >= 15 is 0 Å². The van der Waals surface area contributed by atoms with E-state index in [9.17, 15) is 0 Å². The first-order chi connectivity index (χ1) is 5.20. The van der Waals surface area contributed by atoms with Crippen LogP contribution in [0, 0.1) is 5.92 Å². The number of rotatable bonds is 3. The lowest BCUT2D eigenvalue weighted by molar-refractivity contribution is 0.429. The summed E-state index contributed by atoms with van der Waals surface area (Å²) in [5.41, 5.74) is 0. The van der Waals surface area contributed by atoms with Crippen LogP contribution < -0.4 is 0 Å². The van der Waals surface area contributed by atoms with E-state index in [2.05, 4.69) is 49.9 Å². The largest absolute Gasteiger partial charge is 0.352 e. The fourth-order valence-corrected chi connectivity index (χ4v) is 1.45. The summed E-state index contributed by atoms with van der Waals surface area (Å²) in [5.74, 6) is 0.785. The van der Waals surface area contributed by atoms with Gasteiger partial charge in [-0.2, -0.15) is 0 Å². The molecule has 1 heterocycles. The molecule has 0 bridgehead atoms. The van der Waals surface area contributed by atoms with Crippen LogP contribution in [0.1, 0.15) is 33.2 Å². The predicted molar refractivity (Wildman–Crippen MR) is 48.6 cm³/mol. The highest BCUT2D eigenvalue weighted by atomic mass is 15.0. The Morgan fingerprint density at radius 2 is 1.64 bits per heavy atom.